The van der Waals surface area contributed by atoms with Crippen molar-refractivity contribution in [1.29, 1.82) is 0 Å². The number of hydrogen-bond donors (Lipinski definition) is 1. The van der Waals surface area contributed by atoms with Gasteiger partial charge in [0.25, 0.3) is 0 Å². The molecule has 0 aliphatic carbocycles. The Morgan fingerprint density at radius 2 is 1.88 bits per heavy atom. The maximum atomic E-state index is 6.17. The Kier molecular flexibility index (Phi) is 3.32. The largest absolute Gasteiger partial charge is 0.320 e. The minimum Gasteiger partial charge on any atom is -0.320 e. The summed E-state index contributed by atoms with van der Waals surface area (Å²) in [6.45, 7) is 2.15. The zero-order chi connectivity index (χ0) is 11.4. The van der Waals surface area contributed by atoms with Gasteiger partial charge in [-0.05, 0) is 29.2 Å². The average Bonchev–Trinajstić information content (AvgIpc) is 2.39. The first-order valence-electron chi connectivity index (χ1n) is 5.55. The Hall–Kier alpha value is -1.67. The van der Waals surface area contributed by atoms with E-state index in [1.807, 2.05) is 18.3 Å². The number of hydrogen-bond acceptors (Lipinski definition) is 2. The Labute approximate surface area is 96.1 Å². The highest BCUT2D eigenvalue weighted by Gasteiger charge is 2.07. The molecule has 2 rings (SSSR count). The van der Waals surface area contributed by atoms with Gasteiger partial charge in [0.05, 0.1) is 6.04 Å². The molecular formula is C14H16N2. The zero-order valence-electron chi connectivity index (χ0n) is 9.43. The third-order valence-corrected chi connectivity index (χ3v) is 2.79. The fourth-order valence-electron chi connectivity index (χ4n) is 1.71. The molecule has 0 radical (unpaired) electrons. The van der Waals surface area contributed by atoms with Crippen LogP contribution in [0, 0.1) is 0 Å². The van der Waals surface area contributed by atoms with Gasteiger partial charge in [-0.1, -0.05) is 37.3 Å². The lowest BCUT2D eigenvalue weighted by Crippen LogP contribution is -2.11. The van der Waals surface area contributed by atoms with Gasteiger partial charge in [-0.15, -0.1) is 0 Å². The van der Waals surface area contributed by atoms with Gasteiger partial charge in [0, 0.05) is 12.4 Å². The van der Waals surface area contributed by atoms with Crippen LogP contribution >= 0.6 is 0 Å². The summed E-state index contributed by atoms with van der Waals surface area (Å²) in [7, 11) is 0. The Balaban J connectivity index is 2.24. The smallest absolute Gasteiger partial charge is 0.0566 e. The van der Waals surface area contributed by atoms with E-state index >= 15 is 0 Å². The zero-order valence-corrected chi connectivity index (χ0v) is 9.43. The minimum absolute atomic E-state index is 0.0837. The van der Waals surface area contributed by atoms with Crippen LogP contribution in [-0.4, -0.2) is 4.98 Å². The second kappa shape index (κ2) is 4.90. The van der Waals surface area contributed by atoms with Crippen LogP contribution in [0.2, 0.25) is 0 Å². The summed E-state index contributed by atoms with van der Waals surface area (Å²) >= 11 is 0. The molecule has 0 fully saturated rings. The van der Waals surface area contributed by atoms with E-state index in [-0.39, 0.29) is 6.04 Å². The average molecular weight is 212 g/mol. The molecule has 2 heteroatoms. The number of aryl methyl sites for hydroxylation is 1. The summed E-state index contributed by atoms with van der Waals surface area (Å²) in [6, 6.07) is 12.3. The lowest BCUT2D eigenvalue weighted by molar-refractivity contribution is 0.861. The van der Waals surface area contributed by atoms with Gasteiger partial charge < -0.3 is 5.73 Å². The highest BCUT2D eigenvalue weighted by molar-refractivity contribution is 5.31. The van der Waals surface area contributed by atoms with Gasteiger partial charge >= 0.3 is 0 Å². The monoisotopic (exact) mass is 212 g/mol. The van der Waals surface area contributed by atoms with Crippen molar-refractivity contribution in [3.8, 4) is 0 Å². The van der Waals surface area contributed by atoms with E-state index in [0.29, 0.717) is 0 Å². The summed E-state index contributed by atoms with van der Waals surface area (Å²) in [6.07, 6.45) is 4.64. The molecule has 1 atom stereocenters. The highest BCUT2D eigenvalue weighted by atomic mass is 14.7. The molecule has 82 valence electrons. The molecule has 2 N–H and O–H groups in total. The van der Waals surface area contributed by atoms with E-state index in [1.165, 1.54) is 5.56 Å². The van der Waals surface area contributed by atoms with Crippen LogP contribution < -0.4 is 5.73 Å². The SMILES string of the molecule is CCc1ccc([C@H](N)c2cccnc2)cc1. The van der Waals surface area contributed by atoms with Crippen molar-refractivity contribution in [1.82, 2.24) is 4.98 Å². The number of rotatable bonds is 3. The van der Waals surface area contributed by atoms with Crippen molar-refractivity contribution in [2.45, 2.75) is 19.4 Å². The van der Waals surface area contributed by atoms with Crippen LogP contribution in [0.25, 0.3) is 0 Å². The van der Waals surface area contributed by atoms with Crippen molar-refractivity contribution < 1.29 is 0 Å². The Morgan fingerprint density at radius 1 is 1.12 bits per heavy atom. The maximum absolute atomic E-state index is 6.17. The second-order valence-corrected chi connectivity index (χ2v) is 3.86. The molecule has 2 aromatic rings. The maximum Gasteiger partial charge on any atom is 0.0566 e. The van der Waals surface area contributed by atoms with Gasteiger partial charge in [0.1, 0.15) is 0 Å². The van der Waals surface area contributed by atoms with Crippen LogP contribution in [0.15, 0.2) is 48.8 Å². The number of aromatic nitrogens is 1. The summed E-state index contributed by atoms with van der Waals surface area (Å²) in [5, 5.41) is 0. The molecule has 0 unspecified atom stereocenters. The van der Waals surface area contributed by atoms with E-state index in [9.17, 15) is 0 Å². The summed E-state index contributed by atoms with van der Waals surface area (Å²) in [5.74, 6) is 0. The molecule has 16 heavy (non-hydrogen) atoms. The van der Waals surface area contributed by atoms with Gasteiger partial charge in [0.2, 0.25) is 0 Å². The van der Waals surface area contributed by atoms with E-state index in [1.54, 1.807) is 6.20 Å². The Bertz CT molecular complexity index is 434. The number of benzene rings is 1. The lowest BCUT2D eigenvalue weighted by atomic mass is 9.99. The van der Waals surface area contributed by atoms with Crippen LogP contribution in [-0.2, 0) is 6.42 Å². The summed E-state index contributed by atoms with van der Waals surface area (Å²) in [5.41, 5.74) is 9.68. The second-order valence-electron chi connectivity index (χ2n) is 3.86. The van der Waals surface area contributed by atoms with Crippen molar-refractivity contribution in [3.05, 3.63) is 65.5 Å². The summed E-state index contributed by atoms with van der Waals surface area (Å²) in [4.78, 5) is 4.08. The van der Waals surface area contributed by atoms with Crippen molar-refractivity contribution in [2.75, 3.05) is 0 Å². The topological polar surface area (TPSA) is 38.9 Å². The molecule has 1 aromatic carbocycles. The van der Waals surface area contributed by atoms with Crippen LogP contribution in [0.4, 0.5) is 0 Å². The molecule has 0 spiro atoms. The van der Waals surface area contributed by atoms with E-state index in [0.717, 1.165) is 17.5 Å². The van der Waals surface area contributed by atoms with Crippen LogP contribution in [0.5, 0.6) is 0 Å². The first-order chi connectivity index (χ1) is 7.81. The van der Waals surface area contributed by atoms with E-state index in [4.69, 9.17) is 5.73 Å². The highest BCUT2D eigenvalue weighted by Crippen LogP contribution is 2.18. The molecule has 0 aliphatic rings. The third kappa shape index (κ3) is 2.28. The summed E-state index contributed by atoms with van der Waals surface area (Å²) < 4.78 is 0. The molecule has 0 amide bonds. The van der Waals surface area contributed by atoms with Crippen molar-refractivity contribution in [3.63, 3.8) is 0 Å². The van der Waals surface area contributed by atoms with Gasteiger partial charge in [-0.3, -0.25) is 4.98 Å². The number of nitrogens with two attached hydrogens (primary N) is 1. The minimum atomic E-state index is -0.0837. The predicted molar refractivity (Wildman–Crippen MR) is 66.1 cm³/mol. The lowest BCUT2D eigenvalue weighted by Gasteiger charge is -2.12. The molecule has 0 bridgehead atoms. The first kappa shape index (κ1) is 10.8. The molecular weight excluding hydrogens is 196 g/mol. The molecule has 2 nitrogen and oxygen atoms in total. The fraction of sp³-hybridized carbons (Fsp3) is 0.214. The van der Waals surface area contributed by atoms with Gasteiger partial charge in [-0.25, -0.2) is 0 Å². The van der Waals surface area contributed by atoms with E-state index < -0.39 is 0 Å². The fourth-order valence-corrected chi connectivity index (χ4v) is 1.71. The van der Waals surface area contributed by atoms with Crippen molar-refractivity contribution >= 4 is 0 Å². The normalized spacial score (nSPS) is 12.4. The van der Waals surface area contributed by atoms with Crippen LogP contribution in [0.1, 0.15) is 29.7 Å². The molecule has 1 aromatic heterocycles. The quantitative estimate of drug-likeness (QED) is 0.849. The number of nitrogens with zero attached hydrogens (tertiary/aromatic N) is 1. The first-order valence-corrected chi connectivity index (χ1v) is 5.55. The van der Waals surface area contributed by atoms with E-state index in [2.05, 4.69) is 36.2 Å². The predicted octanol–water partition coefficient (Wildman–Crippen LogP) is 2.69. The van der Waals surface area contributed by atoms with Crippen LogP contribution in [0.3, 0.4) is 0 Å². The number of pyridine rings is 1. The third-order valence-electron chi connectivity index (χ3n) is 2.79. The molecule has 1 heterocycles. The van der Waals surface area contributed by atoms with Gasteiger partial charge in [-0.2, -0.15) is 0 Å². The standard InChI is InChI=1S/C14H16N2/c1-2-11-5-7-12(8-6-11)14(15)13-4-3-9-16-10-13/h3-10,14H,2,15H2,1H3/t14-/m0/s1. The van der Waals surface area contributed by atoms with Crippen molar-refractivity contribution in [2.24, 2.45) is 5.73 Å². The molecule has 0 aliphatic heterocycles. The Morgan fingerprint density at radius 3 is 2.44 bits per heavy atom. The molecule has 0 saturated heterocycles. The van der Waals surface area contributed by atoms with Gasteiger partial charge in [0.15, 0.2) is 0 Å². The molecule has 0 saturated carbocycles.